The van der Waals surface area contributed by atoms with Crippen molar-refractivity contribution in [3.8, 4) is 0 Å². The van der Waals surface area contributed by atoms with E-state index in [1.54, 1.807) is 0 Å². The molecule has 1 N–H and O–H groups in total. The number of nitrogens with zero attached hydrogens (tertiary/aromatic N) is 1. The monoisotopic (exact) mass is 380 g/mol. The predicted octanol–water partition coefficient (Wildman–Crippen LogP) is 5.04. The van der Waals surface area contributed by atoms with E-state index in [0.717, 1.165) is 47.0 Å². The van der Waals surface area contributed by atoms with Crippen LogP contribution in [0.3, 0.4) is 0 Å². The molecule has 4 fully saturated rings. The van der Waals surface area contributed by atoms with Crippen LogP contribution in [0.1, 0.15) is 38.7 Å². The lowest BCUT2D eigenvalue weighted by atomic mass is 9.45. The van der Waals surface area contributed by atoms with Crippen molar-refractivity contribution in [2.45, 2.75) is 39.7 Å². The second-order valence-electron chi connectivity index (χ2n) is 8.80. The van der Waals surface area contributed by atoms with Gasteiger partial charge in [-0.1, -0.05) is 26.0 Å². The van der Waals surface area contributed by atoms with Crippen molar-refractivity contribution in [1.82, 2.24) is 9.88 Å². The molecule has 4 aliphatic rings. The fourth-order valence-electron chi connectivity index (χ4n) is 5.53. The third-order valence-electron chi connectivity index (χ3n) is 7.21. The average molecular weight is 381 g/mol. The molecule has 1 aromatic heterocycles. The average Bonchev–Trinajstić information content (AvgIpc) is 3.18. The van der Waals surface area contributed by atoms with E-state index < -0.39 is 0 Å². The lowest BCUT2D eigenvalue weighted by Crippen LogP contribution is -2.53. The number of thioether (sulfide) groups is 1. The van der Waals surface area contributed by atoms with Gasteiger partial charge in [-0.15, -0.1) is 0 Å². The number of fused-ring (bicyclic) bond motifs is 3. The van der Waals surface area contributed by atoms with E-state index in [-0.39, 0.29) is 11.1 Å². The molecule has 2 amide bonds. The molecule has 2 bridgehead atoms. The molecule has 27 heavy (non-hydrogen) atoms. The molecule has 0 spiro atoms. The fraction of sp³-hybridized carbons (Fsp3) is 0.455. The zero-order valence-corrected chi connectivity index (χ0v) is 16.5. The maximum absolute atomic E-state index is 11.9. The van der Waals surface area contributed by atoms with E-state index >= 15 is 0 Å². The van der Waals surface area contributed by atoms with Crippen LogP contribution in [-0.4, -0.2) is 15.7 Å². The Morgan fingerprint density at radius 1 is 1.26 bits per heavy atom. The number of carbonyl (C=O) groups is 2. The van der Waals surface area contributed by atoms with Crippen molar-refractivity contribution in [3.05, 3.63) is 40.9 Å². The van der Waals surface area contributed by atoms with E-state index in [2.05, 4.69) is 42.1 Å². The van der Waals surface area contributed by atoms with Gasteiger partial charge in [0, 0.05) is 23.6 Å². The molecule has 4 nitrogen and oxygen atoms in total. The van der Waals surface area contributed by atoms with E-state index in [0.29, 0.717) is 10.3 Å². The van der Waals surface area contributed by atoms with Crippen LogP contribution in [0, 0.1) is 23.2 Å². The van der Waals surface area contributed by atoms with Gasteiger partial charge in [0.05, 0.1) is 4.91 Å². The topological polar surface area (TPSA) is 51.1 Å². The summed E-state index contributed by atoms with van der Waals surface area (Å²) in [6.45, 7) is 5.96. The summed E-state index contributed by atoms with van der Waals surface area (Å²) in [6, 6.07) is 8.34. The number of rotatable bonds is 3. The Bertz CT molecular complexity index is 985. The van der Waals surface area contributed by atoms with Crippen molar-refractivity contribution < 1.29 is 9.59 Å². The molecule has 6 rings (SSSR count). The number of hydrogen-bond acceptors (Lipinski definition) is 3. The fourth-order valence-corrected chi connectivity index (χ4v) is 6.20. The van der Waals surface area contributed by atoms with Gasteiger partial charge in [-0.2, -0.15) is 0 Å². The lowest BCUT2D eigenvalue weighted by Gasteiger charge is -2.60. The Labute approximate surface area is 163 Å². The zero-order valence-electron chi connectivity index (χ0n) is 15.7. The van der Waals surface area contributed by atoms with Crippen molar-refractivity contribution in [2.75, 3.05) is 0 Å². The minimum atomic E-state index is -0.301. The number of hydrogen-bond donors (Lipinski definition) is 1. The highest BCUT2D eigenvalue weighted by Gasteiger charge is 2.53. The standard InChI is InChI=1S/C22H24N2O2S/c1-22(2)15-7-6-14(17(22)11-15)12-24-9-8-16-13(4-3-5-18(16)24)10-19-20(25)23-21(26)27-19/h3-5,8-10,14-15,17H,6-7,11-12H2,1-2H3,(H,23,25,26)/t14-,15+,17+/m1/s1. The molecule has 0 unspecified atom stereocenters. The highest BCUT2D eigenvalue weighted by atomic mass is 32.2. The SMILES string of the molecule is CC1(C)[C@H]2CC[C@H](Cn3ccc4c(C=C5SC(=O)NC5=O)cccc43)[C@@H]1C2. The molecule has 2 aromatic rings. The quantitative estimate of drug-likeness (QED) is 0.759. The first-order valence-electron chi connectivity index (χ1n) is 9.76. The molecular formula is C22H24N2O2S. The molecular weight excluding hydrogens is 356 g/mol. The summed E-state index contributed by atoms with van der Waals surface area (Å²) in [6.07, 6.45) is 8.11. The smallest absolute Gasteiger partial charge is 0.290 e. The molecule has 3 atom stereocenters. The third kappa shape index (κ3) is 2.66. The van der Waals surface area contributed by atoms with Crippen LogP contribution in [0.25, 0.3) is 17.0 Å². The normalized spacial score (nSPS) is 30.6. The molecule has 1 aliphatic heterocycles. The van der Waals surface area contributed by atoms with E-state index in [1.807, 2.05) is 18.2 Å². The minimum absolute atomic E-state index is 0.297. The first-order chi connectivity index (χ1) is 12.9. The van der Waals surface area contributed by atoms with Crippen LogP contribution < -0.4 is 5.32 Å². The van der Waals surface area contributed by atoms with Crippen molar-refractivity contribution in [1.29, 1.82) is 0 Å². The van der Waals surface area contributed by atoms with Crippen molar-refractivity contribution in [2.24, 2.45) is 23.2 Å². The van der Waals surface area contributed by atoms with Crippen molar-refractivity contribution >= 4 is 39.9 Å². The second kappa shape index (κ2) is 5.99. The molecule has 140 valence electrons. The van der Waals surface area contributed by atoms with E-state index in [9.17, 15) is 9.59 Å². The lowest BCUT2D eigenvalue weighted by molar-refractivity contribution is -0.115. The number of nitrogens with one attached hydrogen (secondary N) is 1. The van der Waals surface area contributed by atoms with Gasteiger partial charge < -0.3 is 4.57 Å². The Balaban J connectivity index is 1.45. The van der Waals surface area contributed by atoms with Gasteiger partial charge in [0.25, 0.3) is 11.1 Å². The Morgan fingerprint density at radius 2 is 2.11 bits per heavy atom. The summed E-state index contributed by atoms with van der Waals surface area (Å²) in [7, 11) is 0. The van der Waals surface area contributed by atoms with Crippen LogP contribution in [0.5, 0.6) is 0 Å². The number of benzene rings is 1. The minimum Gasteiger partial charge on any atom is -0.347 e. The summed E-state index contributed by atoms with van der Waals surface area (Å²) in [4.78, 5) is 23.8. The Kier molecular flexibility index (Phi) is 3.80. The number of imide groups is 1. The summed E-state index contributed by atoms with van der Waals surface area (Å²) in [5, 5.41) is 3.16. The zero-order chi connectivity index (χ0) is 18.8. The van der Waals surface area contributed by atoms with Gasteiger partial charge in [0.2, 0.25) is 0 Å². The molecule has 5 heteroatoms. The Morgan fingerprint density at radius 3 is 2.81 bits per heavy atom. The molecule has 3 aliphatic carbocycles. The summed E-state index contributed by atoms with van der Waals surface area (Å²) in [5.41, 5.74) is 2.70. The van der Waals surface area contributed by atoms with Crippen LogP contribution in [0.15, 0.2) is 35.4 Å². The maximum atomic E-state index is 11.9. The maximum Gasteiger partial charge on any atom is 0.290 e. The van der Waals surface area contributed by atoms with Crippen LogP contribution in [-0.2, 0) is 11.3 Å². The first-order valence-corrected chi connectivity index (χ1v) is 10.6. The van der Waals surface area contributed by atoms with Gasteiger partial charge in [0.15, 0.2) is 0 Å². The highest BCUT2D eigenvalue weighted by Crippen LogP contribution is 2.61. The molecule has 1 aromatic carbocycles. The van der Waals surface area contributed by atoms with E-state index in [4.69, 9.17) is 0 Å². The number of carbonyl (C=O) groups excluding carboxylic acids is 2. The third-order valence-corrected chi connectivity index (χ3v) is 8.02. The van der Waals surface area contributed by atoms with E-state index in [1.165, 1.54) is 24.8 Å². The van der Waals surface area contributed by atoms with Gasteiger partial charge in [-0.05, 0) is 78.0 Å². The molecule has 1 saturated heterocycles. The molecule has 2 heterocycles. The first kappa shape index (κ1) is 17.1. The van der Waals surface area contributed by atoms with Crippen LogP contribution in [0.4, 0.5) is 4.79 Å². The predicted molar refractivity (Wildman–Crippen MR) is 109 cm³/mol. The van der Waals surface area contributed by atoms with Gasteiger partial charge in [0.1, 0.15) is 0 Å². The van der Waals surface area contributed by atoms with Gasteiger partial charge in [-0.3, -0.25) is 14.9 Å². The van der Waals surface area contributed by atoms with Crippen LogP contribution >= 0.6 is 11.8 Å². The Hall–Kier alpha value is -2.01. The highest BCUT2D eigenvalue weighted by molar-refractivity contribution is 8.18. The van der Waals surface area contributed by atoms with Gasteiger partial charge >= 0.3 is 0 Å². The van der Waals surface area contributed by atoms with Crippen molar-refractivity contribution in [3.63, 3.8) is 0 Å². The van der Waals surface area contributed by atoms with Crippen LogP contribution in [0.2, 0.25) is 0 Å². The second-order valence-corrected chi connectivity index (χ2v) is 9.81. The van der Waals surface area contributed by atoms with Gasteiger partial charge in [-0.25, -0.2) is 0 Å². The summed E-state index contributed by atoms with van der Waals surface area (Å²) < 4.78 is 2.38. The number of amides is 2. The molecule has 3 saturated carbocycles. The molecule has 0 radical (unpaired) electrons. The summed E-state index contributed by atoms with van der Waals surface area (Å²) in [5.74, 6) is 2.21. The summed E-state index contributed by atoms with van der Waals surface area (Å²) >= 11 is 0.972. The largest absolute Gasteiger partial charge is 0.347 e. The number of aromatic nitrogens is 1.